The van der Waals surface area contributed by atoms with E-state index >= 15 is 0 Å². The van der Waals surface area contributed by atoms with Gasteiger partial charge < -0.3 is 14.7 Å². The van der Waals surface area contributed by atoms with Crippen LogP contribution >= 0.6 is 0 Å². The Kier molecular flexibility index (Phi) is 8.39. The highest BCUT2D eigenvalue weighted by molar-refractivity contribution is 7.87. The van der Waals surface area contributed by atoms with Gasteiger partial charge in [0.1, 0.15) is 0 Å². The zero-order chi connectivity index (χ0) is 17.4. The summed E-state index contributed by atoms with van der Waals surface area (Å²) < 4.78 is 34.1. The molecule has 2 N–H and O–H groups in total. The van der Waals surface area contributed by atoms with Crippen LogP contribution in [0.3, 0.4) is 0 Å². The van der Waals surface area contributed by atoms with Crippen LogP contribution in [-0.2, 0) is 14.9 Å². The van der Waals surface area contributed by atoms with E-state index in [9.17, 15) is 13.5 Å². The minimum absolute atomic E-state index is 0.252. The Morgan fingerprint density at radius 1 is 1.17 bits per heavy atom. The van der Waals surface area contributed by atoms with Crippen LogP contribution < -0.4 is 4.72 Å². The molecule has 142 valence electrons. The molecule has 0 spiro atoms. The van der Waals surface area contributed by atoms with E-state index in [4.69, 9.17) is 4.74 Å². The summed E-state index contributed by atoms with van der Waals surface area (Å²) in [6.45, 7) is 5.46. The number of rotatable bonds is 9. The molecule has 0 aromatic carbocycles. The summed E-state index contributed by atoms with van der Waals surface area (Å²) >= 11 is 0. The molecule has 2 saturated heterocycles. The summed E-state index contributed by atoms with van der Waals surface area (Å²) in [6, 6.07) is 0. The Hall–Kier alpha value is -0.250. The molecule has 0 aliphatic carbocycles. The van der Waals surface area contributed by atoms with Gasteiger partial charge in [-0.25, -0.2) is 4.72 Å². The van der Waals surface area contributed by atoms with Crippen LogP contribution in [0.25, 0.3) is 0 Å². The predicted octanol–water partition coefficient (Wildman–Crippen LogP) is 0.274. The fourth-order valence-corrected chi connectivity index (χ4v) is 4.93. The van der Waals surface area contributed by atoms with Crippen molar-refractivity contribution in [2.24, 2.45) is 11.8 Å². The first-order chi connectivity index (χ1) is 11.5. The largest absolute Gasteiger partial charge is 0.396 e. The molecule has 0 saturated carbocycles. The number of piperidine rings is 2. The molecule has 0 bridgehead atoms. The summed E-state index contributed by atoms with van der Waals surface area (Å²) in [4.78, 5) is 2.33. The standard InChI is InChI=1S/C16H33N3O4S/c1-23-14-15-5-10-19(11-6-15)24(21,22)17-7-3-9-18-8-2-4-16(12-18)13-20/h15-17,20H,2-14H2,1H3. The van der Waals surface area contributed by atoms with Crippen LogP contribution in [0.2, 0.25) is 0 Å². The minimum Gasteiger partial charge on any atom is -0.396 e. The summed E-state index contributed by atoms with van der Waals surface area (Å²) in [5, 5.41) is 9.25. The number of methoxy groups -OCH3 is 1. The summed E-state index contributed by atoms with van der Waals surface area (Å²) in [7, 11) is -1.67. The maximum absolute atomic E-state index is 12.3. The predicted molar refractivity (Wildman–Crippen MR) is 94.0 cm³/mol. The van der Waals surface area contributed by atoms with Gasteiger partial charge in [-0.1, -0.05) is 0 Å². The average molecular weight is 364 g/mol. The molecule has 2 rings (SSSR count). The zero-order valence-corrected chi connectivity index (χ0v) is 15.6. The van der Waals surface area contributed by atoms with Crippen molar-refractivity contribution in [3.05, 3.63) is 0 Å². The first-order valence-electron chi connectivity index (χ1n) is 9.12. The van der Waals surface area contributed by atoms with E-state index in [2.05, 4.69) is 9.62 Å². The highest BCUT2D eigenvalue weighted by Crippen LogP contribution is 2.19. The fraction of sp³-hybridized carbons (Fsp3) is 1.00. The van der Waals surface area contributed by atoms with Crippen molar-refractivity contribution < 1.29 is 18.3 Å². The van der Waals surface area contributed by atoms with Crippen LogP contribution in [0.5, 0.6) is 0 Å². The lowest BCUT2D eigenvalue weighted by Gasteiger charge is -2.32. The van der Waals surface area contributed by atoms with Crippen LogP contribution in [0.4, 0.5) is 0 Å². The Morgan fingerprint density at radius 3 is 2.58 bits per heavy atom. The lowest BCUT2D eigenvalue weighted by Crippen LogP contribution is -2.46. The first-order valence-corrected chi connectivity index (χ1v) is 10.6. The Bertz CT molecular complexity index is 452. The van der Waals surface area contributed by atoms with Crippen molar-refractivity contribution in [2.45, 2.75) is 32.1 Å². The second-order valence-corrected chi connectivity index (χ2v) is 8.80. The molecule has 7 nitrogen and oxygen atoms in total. The second kappa shape index (κ2) is 10.0. The fourth-order valence-electron chi connectivity index (χ4n) is 3.65. The zero-order valence-electron chi connectivity index (χ0n) is 14.8. The van der Waals surface area contributed by atoms with Gasteiger partial charge >= 0.3 is 0 Å². The van der Waals surface area contributed by atoms with Crippen molar-refractivity contribution in [1.29, 1.82) is 0 Å². The van der Waals surface area contributed by atoms with Gasteiger partial charge in [-0.2, -0.15) is 12.7 Å². The number of nitrogens with one attached hydrogen (secondary N) is 1. The molecule has 8 heteroatoms. The molecule has 1 unspecified atom stereocenters. The highest BCUT2D eigenvalue weighted by atomic mass is 32.2. The van der Waals surface area contributed by atoms with Gasteiger partial charge in [-0.3, -0.25) is 0 Å². The van der Waals surface area contributed by atoms with Gasteiger partial charge in [0.15, 0.2) is 0 Å². The SMILES string of the molecule is COCC1CCN(S(=O)(=O)NCCCN2CCCC(CO)C2)CC1. The quantitative estimate of drug-likeness (QED) is 0.575. The van der Waals surface area contributed by atoms with Crippen molar-refractivity contribution in [2.75, 3.05) is 59.6 Å². The molecule has 0 aromatic rings. The number of ether oxygens (including phenoxy) is 1. The number of aliphatic hydroxyl groups excluding tert-OH is 1. The molecular weight excluding hydrogens is 330 g/mol. The molecule has 2 heterocycles. The van der Waals surface area contributed by atoms with E-state index < -0.39 is 10.2 Å². The Balaban J connectivity index is 1.64. The Morgan fingerprint density at radius 2 is 1.92 bits per heavy atom. The van der Waals surface area contributed by atoms with E-state index in [0.717, 1.165) is 51.7 Å². The van der Waals surface area contributed by atoms with E-state index in [1.807, 2.05) is 0 Å². The molecular formula is C16H33N3O4S. The van der Waals surface area contributed by atoms with Crippen LogP contribution in [-0.4, -0.2) is 82.3 Å². The van der Waals surface area contributed by atoms with Crippen molar-refractivity contribution in [3.8, 4) is 0 Å². The van der Waals surface area contributed by atoms with E-state index in [1.165, 1.54) is 0 Å². The van der Waals surface area contributed by atoms with Crippen molar-refractivity contribution in [3.63, 3.8) is 0 Å². The molecule has 24 heavy (non-hydrogen) atoms. The Labute approximate surface area is 146 Å². The molecule has 0 radical (unpaired) electrons. The normalized spacial score (nSPS) is 25.2. The second-order valence-electron chi connectivity index (χ2n) is 7.04. The number of likely N-dealkylation sites (tertiary alicyclic amines) is 1. The first kappa shape index (κ1) is 20.1. The molecule has 0 aromatic heterocycles. The summed E-state index contributed by atoms with van der Waals surface area (Å²) in [5.41, 5.74) is 0. The van der Waals surface area contributed by atoms with Crippen molar-refractivity contribution in [1.82, 2.24) is 13.9 Å². The van der Waals surface area contributed by atoms with E-state index in [-0.39, 0.29) is 6.61 Å². The minimum atomic E-state index is -3.36. The molecule has 2 aliphatic rings. The molecule has 0 amide bonds. The number of nitrogens with zero attached hydrogens (tertiary/aromatic N) is 2. The van der Waals surface area contributed by atoms with Gasteiger partial charge in [0, 0.05) is 46.5 Å². The van der Waals surface area contributed by atoms with Crippen molar-refractivity contribution >= 4 is 10.2 Å². The highest BCUT2D eigenvalue weighted by Gasteiger charge is 2.27. The van der Waals surface area contributed by atoms with Gasteiger partial charge in [0.05, 0.1) is 0 Å². The molecule has 2 aliphatic heterocycles. The third-order valence-electron chi connectivity index (χ3n) is 5.11. The monoisotopic (exact) mass is 363 g/mol. The van der Waals surface area contributed by atoms with E-state index in [0.29, 0.717) is 38.1 Å². The van der Waals surface area contributed by atoms with Crippen LogP contribution in [0.1, 0.15) is 32.1 Å². The molecule has 2 fully saturated rings. The summed E-state index contributed by atoms with van der Waals surface area (Å²) in [5.74, 6) is 0.851. The van der Waals surface area contributed by atoms with Gasteiger partial charge in [0.2, 0.25) is 0 Å². The van der Waals surface area contributed by atoms with Gasteiger partial charge in [0.25, 0.3) is 10.2 Å². The number of aliphatic hydroxyl groups is 1. The third-order valence-corrected chi connectivity index (χ3v) is 6.73. The average Bonchev–Trinajstić information content (AvgIpc) is 2.60. The lowest BCUT2D eigenvalue weighted by molar-refractivity contribution is 0.119. The maximum atomic E-state index is 12.3. The topological polar surface area (TPSA) is 82.1 Å². The number of hydrogen-bond donors (Lipinski definition) is 2. The smallest absolute Gasteiger partial charge is 0.279 e. The van der Waals surface area contributed by atoms with Crippen LogP contribution in [0, 0.1) is 11.8 Å². The van der Waals surface area contributed by atoms with Gasteiger partial charge in [-0.15, -0.1) is 0 Å². The van der Waals surface area contributed by atoms with Crippen LogP contribution in [0.15, 0.2) is 0 Å². The maximum Gasteiger partial charge on any atom is 0.279 e. The van der Waals surface area contributed by atoms with Gasteiger partial charge in [-0.05, 0) is 57.0 Å². The molecule has 1 atom stereocenters. The third kappa shape index (κ3) is 6.24. The summed E-state index contributed by atoms with van der Waals surface area (Å²) in [6.07, 6.45) is 4.75. The lowest BCUT2D eigenvalue weighted by atomic mass is 9.99. The van der Waals surface area contributed by atoms with E-state index in [1.54, 1.807) is 11.4 Å². The number of hydrogen-bond acceptors (Lipinski definition) is 5.